The van der Waals surface area contributed by atoms with Gasteiger partial charge in [0.25, 0.3) is 0 Å². The number of aryl methyl sites for hydroxylation is 1. The number of hydrogen-bond donors (Lipinski definition) is 2. The summed E-state index contributed by atoms with van der Waals surface area (Å²) in [5.74, 6) is 0.490. The first-order chi connectivity index (χ1) is 9.97. The molecule has 1 amide bonds. The van der Waals surface area contributed by atoms with E-state index in [1.165, 1.54) is 11.1 Å². The third kappa shape index (κ3) is 6.77. The zero-order chi connectivity index (χ0) is 15.8. The average Bonchev–Trinajstić information content (AvgIpc) is 2.44. The first-order valence-corrected chi connectivity index (χ1v) is 7.55. The maximum absolute atomic E-state index is 12.2. The standard InChI is InChI=1S/C17H28N2O2.ClH/c1-12(2)9-16(15-8-6-5-7-13(15)3)19-17(20)10-14(11-18)21-4;/h5-8,12,14,16H,9-11,18H2,1-4H3,(H,19,20);1H. The Hall–Kier alpha value is -1.10. The van der Waals surface area contributed by atoms with Gasteiger partial charge < -0.3 is 15.8 Å². The third-order valence-electron chi connectivity index (χ3n) is 3.62. The Labute approximate surface area is 140 Å². The second-order valence-electron chi connectivity index (χ2n) is 5.90. The summed E-state index contributed by atoms with van der Waals surface area (Å²) in [5, 5.41) is 3.13. The Bertz CT molecular complexity index is 448. The van der Waals surface area contributed by atoms with Crippen LogP contribution in [0.15, 0.2) is 24.3 Å². The summed E-state index contributed by atoms with van der Waals surface area (Å²) in [7, 11) is 1.58. The number of rotatable bonds is 8. The van der Waals surface area contributed by atoms with Crippen LogP contribution in [0.1, 0.15) is 43.9 Å². The summed E-state index contributed by atoms with van der Waals surface area (Å²) in [6.07, 6.45) is 0.992. The second kappa shape index (κ2) is 10.6. The molecule has 0 fully saturated rings. The van der Waals surface area contributed by atoms with Crippen molar-refractivity contribution >= 4 is 18.3 Å². The molecule has 2 atom stereocenters. The van der Waals surface area contributed by atoms with Crippen LogP contribution in [-0.2, 0) is 9.53 Å². The van der Waals surface area contributed by atoms with E-state index in [2.05, 4.69) is 38.2 Å². The number of nitrogens with one attached hydrogen (secondary N) is 1. The molecule has 0 saturated carbocycles. The van der Waals surface area contributed by atoms with Crippen LogP contribution in [0.5, 0.6) is 0 Å². The van der Waals surface area contributed by atoms with Crippen LogP contribution in [-0.4, -0.2) is 25.7 Å². The zero-order valence-corrected chi connectivity index (χ0v) is 14.8. The van der Waals surface area contributed by atoms with Crippen LogP contribution in [0.4, 0.5) is 0 Å². The summed E-state index contributed by atoms with van der Waals surface area (Å²) in [4.78, 5) is 12.2. The monoisotopic (exact) mass is 328 g/mol. The molecule has 0 aliphatic carbocycles. The predicted molar refractivity (Wildman–Crippen MR) is 93.2 cm³/mol. The van der Waals surface area contributed by atoms with Gasteiger partial charge in [-0.3, -0.25) is 4.79 Å². The Morgan fingerprint density at radius 2 is 1.95 bits per heavy atom. The highest BCUT2D eigenvalue weighted by Gasteiger charge is 2.19. The van der Waals surface area contributed by atoms with Crippen molar-refractivity contribution in [3.05, 3.63) is 35.4 Å². The highest BCUT2D eigenvalue weighted by molar-refractivity contribution is 5.85. The van der Waals surface area contributed by atoms with Crippen LogP contribution in [0.2, 0.25) is 0 Å². The van der Waals surface area contributed by atoms with Gasteiger partial charge in [0.2, 0.25) is 5.91 Å². The minimum atomic E-state index is -0.221. The number of halogens is 1. The van der Waals surface area contributed by atoms with Crippen LogP contribution in [0.3, 0.4) is 0 Å². The Kier molecular flexibility index (Phi) is 10.1. The SMILES string of the molecule is COC(CN)CC(=O)NC(CC(C)C)c1ccccc1C.Cl. The lowest BCUT2D eigenvalue weighted by Gasteiger charge is -2.24. The Morgan fingerprint density at radius 3 is 2.45 bits per heavy atom. The van der Waals surface area contributed by atoms with E-state index >= 15 is 0 Å². The van der Waals surface area contributed by atoms with Crippen molar-refractivity contribution in [2.24, 2.45) is 11.7 Å². The molecule has 0 aromatic heterocycles. The number of benzene rings is 1. The molecule has 1 aromatic carbocycles. The lowest BCUT2D eigenvalue weighted by molar-refractivity contribution is -0.124. The van der Waals surface area contributed by atoms with Gasteiger partial charge in [-0.2, -0.15) is 0 Å². The van der Waals surface area contributed by atoms with Crippen LogP contribution in [0.25, 0.3) is 0 Å². The highest BCUT2D eigenvalue weighted by atomic mass is 35.5. The number of hydrogen-bond acceptors (Lipinski definition) is 3. The summed E-state index contributed by atoms with van der Waals surface area (Å²) in [6.45, 7) is 6.75. The van der Waals surface area contributed by atoms with Gasteiger partial charge in [-0.1, -0.05) is 38.1 Å². The van der Waals surface area contributed by atoms with Gasteiger partial charge in [0.1, 0.15) is 0 Å². The minimum Gasteiger partial charge on any atom is -0.380 e. The second-order valence-corrected chi connectivity index (χ2v) is 5.90. The first-order valence-electron chi connectivity index (χ1n) is 7.55. The van der Waals surface area contributed by atoms with Gasteiger partial charge in [-0.05, 0) is 30.4 Å². The van der Waals surface area contributed by atoms with Crippen molar-refractivity contribution in [2.45, 2.75) is 45.8 Å². The zero-order valence-electron chi connectivity index (χ0n) is 14.0. The van der Waals surface area contributed by atoms with Gasteiger partial charge >= 0.3 is 0 Å². The summed E-state index contributed by atoms with van der Waals surface area (Å²) in [6, 6.07) is 8.22. The molecular weight excluding hydrogens is 300 g/mol. The first kappa shape index (κ1) is 20.9. The number of carbonyl (C=O) groups is 1. The average molecular weight is 329 g/mol. The van der Waals surface area contributed by atoms with E-state index in [4.69, 9.17) is 10.5 Å². The molecule has 0 spiro atoms. The lowest BCUT2D eigenvalue weighted by Crippen LogP contribution is -2.35. The fourth-order valence-electron chi connectivity index (χ4n) is 2.44. The fraction of sp³-hybridized carbons (Fsp3) is 0.588. The molecule has 4 nitrogen and oxygen atoms in total. The van der Waals surface area contributed by atoms with E-state index in [0.717, 1.165) is 6.42 Å². The lowest BCUT2D eigenvalue weighted by atomic mass is 9.93. The molecule has 0 aliphatic rings. The normalized spacial score (nSPS) is 13.4. The molecule has 1 rings (SSSR count). The molecule has 126 valence electrons. The van der Waals surface area contributed by atoms with Crippen molar-refractivity contribution in [1.82, 2.24) is 5.32 Å². The number of nitrogens with two attached hydrogens (primary N) is 1. The van der Waals surface area contributed by atoms with Crippen molar-refractivity contribution in [1.29, 1.82) is 0 Å². The van der Waals surface area contributed by atoms with Gasteiger partial charge in [-0.15, -0.1) is 12.4 Å². The number of carbonyl (C=O) groups excluding carboxylic acids is 1. The van der Waals surface area contributed by atoms with Crippen LogP contribution in [0, 0.1) is 12.8 Å². The molecule has 0 bridgehead atoms. The van der Waals surface area contributed by atoms with Crippen molar-refractivity contribution in [2.75, 3.05) is 13.7 Å². The molecule has 3 N–H and O–H groups in total. The molecule has 22 heavy (non-hydrogen) atoms. The Morgan fingerprint density at radius 1 is 1.32 bits per heavy atom. The molecule has 0 radical (unpaired) electrons. The van der Waals surface area contributed by atoms with Gasteiger partial charge in [0.05, 0.1) is 18.6 Å². The van der Waals surface area contributed by atoms with Gasteiger partial charge in [0.15, 0.2) is 0 Å². The summed E-state index contributed by atoms with van der Waals surface area (Å²) in [5.41, 5.74) is 7.95. The quantitative estimate of drug-likeness (QED) is 0.771. The predicted octanol–water partition coefficient (Wildman–Crippen LogP) is 2.98. The van der Waals surface area contributed by atoms with Crippen molar-refractivity contribution in [3.63, 3.8) is 0 Å². The van der Waals surface area contributed by atoms with Crippen molar-refractivity contribution < 1.29 is 9.53 Å². The van der Waals surface area contributed by atoms with Gasteiger partial charge in [0, 0.05) is 13.7 Å². The largest absolute Gasteiger partial charge is 0.380 e. The third-order valence-corrected chi connectivity index (χ3v) is 3.62. The molecule has 2 unspecified atom stereocenters. The number of ether oxygens (including phenoxy) is 1. The maximum atomic E-state index is 12.2. The molecule has 0 heterocycles. The molecule has 0 saturated heterocycles. The van der Waals surface area contributed by atoms with Gasteiger partial charge in [-0.25, -0.2) is 0 Å². The van der Waals surface area contributed by atoms with E-state index < -0.39 is 0 Å². The molecule has 0 aliphatic heterocycles. The smallest absolute Gasteiger partial charge is 0.223 e. The van der Waals surface area contributed by atoms with E-state index in [1.807, 2.05) is 12.1 Å². The maximum Gasteiger partial charge on any atom is 0.223 e. The summed E-state index contributed by atoms with van der Waals surface area (Å²) < 4.78 is 5.18. The highest BCUT2D eigenvalue weighted by Crippen LogP contribution is 2.24. The Balaban J connectivity index is 0.00000441. The number of methoxy groups -OCH3 is 1. The number of amides is 1. The molecular formula is C17H29ClN2O2. The van der Waals surface area contributed by atoms with Crippen molar-refractivity contribution in [3.8, 4) is 0 Å². The van der Waals surface area contributed by atoms with Crippen LogP contribution < -0.4 is 11.1 Å². The summed E-state index contributed by atoms with van der Waals surface area (Å²) >= 11 is 0. The molecule has 1 aromatic rings. The minimum absolute atomic E-state index is 0. The van der Waals surface area contributed by atoms with E-state index in [-0.39, 0.29) is 30.5 Å². The van der Waals surface area contributed by atoms with Crippen LogP contribution >= 0.6 is 12.4 Å². The van der Waals surface area contributed by atoms with E-state index in [1.54, 1.807) is 7.11 Å². The molecule has 5 heteroatoms. The van der Waals surface area contributed by atoms with E-state index in [0.29, 0.717) is 18.9 Å². The fourth-order valence-corrected chi connectivity index (χ4v) is 2.44. The topological polar surface area (TPSA) is 64.3 Å². The van der Waals surface area contributed by atoms with E-state index in [9.17, 15) is 4.79 Å².